The van der Waals surface area contributed by atoms with E-state index in [1.165, 1.54) is 11.1 Å². The molecule has 1 atom stereocenters. The zero-order chi connectivity index (χ0) is 15.9. The molecule has 1 saturated heterocycles. The standard InChI is InChI=1S/C19H25NO3/c1-2-22-18(9-5-6-10-18)17(21)20-12-11-19(14-20)16-8-4-3-7-15(16)13-23-19/h3-4,7-8H,2,5-6,9-14H2,1H3. The predicted molar refractivity (Wildman–Crippen MR) is 86.9 cm³/mol. The Labute approximate surface area is 137 Å². The first-order valence-electron chi connectivity index (χ1n) is 8.85. The van der Waals surface area contributed by atoms with Crippen LogP contribution >= 0.6 is 0 Å². The van der Waals surface area contributed by atoms with Crippen molar-refractivity contribution in [2.24, 2.45) is 0 Å². The molecule has 0 aromatic heterocycles. The number of carbonyl (C=O) groups excluding carboxylic acids is 1. The van der Waals surface area contributed by atoms with E-state index in [2.05, 4.69) is 24.3 Å². The highest BCUT2D eigenvalue weighted by Gasteiger charge is 2.51. The Morgan fingerprint density at radius 2 is 2.04 bits per heavy atom. The number of ether oxygens (including phenoxy) is 2. The van der Waals surface area contributed by atoms with E-state index in [4.69, 9.17) is 9.47 Å². The van der Waals surface area contributed by atoms with Gasteiger partial charge in [0.15, 0.2) is 0 Å². The number of hydrogen-bond acceptors (Lipinski definition) is 3. The van der Waals surface area contributed by atoms with Gasteiger partial charge in [0.2, 0.25) is 0 Å². The van der Waals surface area contributed by atoms with Gasteiger partial charge < -0.3 is 14.4 Å². The molecule has 1 aliphatic carbocycles. The van der Waals surface area contributed by atoms with Crippen LogP contribution in [0.4, 0.5) is 0 Å². The quantitative estimate of drug-likeness (QED) is 0.861. The molecule has 0 radical (unpaired) electrons. The lowest BCUT2D eigenvalue weighted by molar-refractivity contribution is -0.157. The van der Waals surface area contributed by atoms with Crippen LogP contribution in [0.25, 0.3) is 0 Å². The molecular weight excluding hydrogens is 290 g/mol. The zero-order valence-corrected chi connectivity index (χ0v) is 13.8. The Hall–Kier alpha value is -1.39. The fourth-order valence-electron chi connectivity index (χ4n) is 4.61. The molecule has 2 heterocycles. The van der Waals surface area contributed by atoms with Crippen molar-refractivity contribution in [1.29, 1.82) is 0 Å². The monoisotopic (exact) mass is 315 g/mol. The molecule has 23 heavy (non-hydrogen) atoms. The molecule has 3 aliphatic rings. The molecule has 2 fully saturated rings. The maximum absolute atomic E-state index is 13.2. The molecule has 124 valence electrons. The molecular formula is C19H25NO3. The number of likely N-dealkylation sites (tertiary alicyclic amines) is 1. The van der Waals surface area contributed by atoms with Crippen LogP contribution in [0.15, 0.2) is 24.3 Å². The Kier molecular flexibility index (Phi) is 3.69. The minimum atomic E-state index is -0.571. The molecule has 2 aliphatic heterocycles. The maximum atomic E-state index is 13.2. The van der Waals surface area contributed by atoms with Crippen molar-refractivity contribution in [2.45, 2.75) is 56.8 Å². The summed E-state index contributed by atoms with van der Waals surface area (Å²) in [6.07, 6.45) is 4.79. The summed E-state index contributed by atoms with van der Waals surface area (Å²) in [6, 6.07) is 8.41. The van der Waals surface area contributed by atoms with Gasteiger partial charge in [0.25, 0.3) is 5.91 Å². The largest absolute Gasteiger partial charge is 0.365 e. The molecule has 1 spiro atoms. The van der Waals surface area contributed by atoms with Gasteiger partial charge in [0.1, 0.15) is 11.2 Å². The summed E-state index contributed by atoms with van der Waals surface area (Å²) in [5, 5.41) is 0. The van der Waals surface area contributed by atoms with Crippen LogP contribution in [0.1, 0.15) is 50.2 Å². The van der Waals surface area contributed by atoms with Gasteiger partial charge in [-0.1, -0.05) is 24.3 Å². The maximum Gasteiger partial charge on any atom is 0.254 e. The molecule has 4 rings (SSSR count). The van der Waals surface area contributed by atoms with Crippen LogP contribution in [0.5, 0.6) is 0 Å². The smallest absolute Gasteiger partial charge is 0.254 e. The highest BCUT2D eigenvalue weighted by atomic mass is 16.5. The molecule has 1 saturated carbocycles. The Morgan fingerprint density at radius 3 is 2.83 bits per heavy atom. The first-order valence-corrected chi connectivity index (χ1v) is 8.85. The van der Waals surface area contributed by atoms with Gasteiger partial charge in [-0.25, -0.2) is 0 Å². The van der Waals surface area contributed by atoms with Crippen molar-refractivity contribution >= 4 is 5.91 Å². The van der Waals surface area contributed by atoms with E-state index in [0.29, 0.717) is 19.8 Å². The van der Waals surface area contributed by atoms with Crippen LogP contribution in [-0.4, -0.2) is 36.1 Å². The lowest BCUT2D eigenvalue weighted by atomic mass is 9.91. The van der Waals surface area contributed by atoms with Gasteiger partial charge >= 0.3 is 0 Å². The number of amides is 1. The van der Waals surface area contributed by atoms with Gasteiger partial charge in [-0.3, -0.25) is 4.79 Å². The first-order chi connectivity index (χ1) is 11.2. The van der Waals surface area contributed by atoms with E-state index in [-0.39, 0.29) is 11.5 Å². The van der Waals surface area contributed by atoms with Gasteiger partial charge in [-0.2, -0.15) is 0 Å². The third kappa shape index (κ3) is 2.31. The lowest BCUT2D eigenvalue weighted by Crippen LogP contribution is -2.49. The SMILES string of the molecule is CCOC1(C(=O)N2CCC3(C2)OCc2ccccc23)CCCC1. The third-order valence-electron chi connectivity index (χ3n) is 5.75. The van der Waals surface area contributed by atoms with E-state index >= 15 is 0 Å². The minimum Gasteiger partial charge on any atom is -0.365 e. The second-order valence-corrected chi connectivity index (χ2v) is 7.05. The zero-order valence-electron chi connectivity index (χ0n) is 13.8. The molecule has 4 nitrogen and oxygen atoms in total. The summed E-state index contributed by atoms with van der Waals surface area (Å²) in [7, 11) is 0. The van der Waals surface area contributed by atoms with Crippen LogP contribution < -0.4 is 0 Å². The molecule has 0 N–H and O–H groups in total. The van der Waals surface area contributed by atoms with E-state index in [0.717, 1.165) is 38.6 Å². The Bertz CT molecular complexity index is 608. The third-order valence-corrected chi connectivity index (χ3v) is 5.75. The normalized spacial score (nSPS) is 28.5. The van der Waals surface area contributed by atoms with E-state index in [9.17, 15) is 4.79 Å². The number of nitrogens with zero attached hydrogens (tertiary/aromatic N) is 1. The second-order valence-electron chi connectivity index (χ2n) is 7.05. The molecule has 4 heteroatoms. The number of benzene rings is 1. The average Bonchev–Trinajstić information content (AvgIpc) is 3.29. The van der Waals surface area contributed by atoms with Gasteiger partial charge in [-0.15, -0.1) is 0 Å². The van der Waals surface area contributed by atoms with Crippen LogP contribution in [0.3, 0.4) is 0 Å². The van der Waals surface area contributed by atoms with Gasteiger partial charge in [0.05, 0.1) is 13.2 Å². The Balaban J connectivity index is 1.56. The second kappa shape index (κ2) is 5.60. The Morgan fingerprint density at radius 1 is 1.26 bits per heavy atom. The van der Waals surface area contributed by atoms with Crippen molar-refractivity contribution < 1.29 is 14.3 Å². The lowest BCUT2D eigenvalue weighted by Gasteiger charge is -2.33. The summed E-state index contributed by atoms with van der Waals surface area (Å²) < 4.78 is 12.1. The van der Waals surface area contributed by atoms with Crippen molar-refractivity contribution in [3.05, 3.63) is 35.4 Å². The first kappa shape index (κ1) is 15.2. The highest BCUT2D eigenvalue weighted by Crippen LogP contribution is 2.45. The van der Waals surface area contributed by atoms with E-state index in [1.807, 2.05) is 11.8 Å². The number of hydrogen-bond donors (Lipinski definition) is 0. The van der Waals surface area contributed by atoms with Gasteiger partial charge in [0, 0.05) is 13.2 Å². The van der Waals surface area contributed by atoms with E-state index in [1.54, 1.807) is 0 Å². The summed E-state index contributed by atoms with van der Waals surface area (Å²) in [6.45, 7) is 4.67. The van der Waals surface area contributed by atoms with E-state index < -0.39 is 5.60 Å². The van der Waals surface area contributed by atoms with Crippen molar-refractivity contribution in [3.8, 4) is 0 Å². The van der Waals surface area contributed by atoms with Gasteiger partial charge in [-0.05, 0) is 50.2 Å². The summed E-state index contributed by atoms with van der Waals surface area (Å²) in [4.78, 5) is 15.1. The summed E-state index contributed by atoms with van der Waals surface area (Å²) >= 11 is 0. The van der Waals surface area contributed by atoms with Crippen LogP contribution in [-0.2, 0) is 26.5 Å². The molecule has 1 aromatic carbocycles. The molecule has 1 aromatic rings. The number of fused-ring (bicyclic) bond motifs is 2. The van der Waals surface area contributed by atoms with Crippen LogP contribution in [0, 0.1) is 0 Å². The van der Waals surface area contributed by atoms with Crippen molar-refractivity contribution in [1.82, 2.24) is 4.90 Å². The van der Waals surface area contributed by atoms with Crippen LogP contribution in [0.2, 0.25) is 0 Å². The fraction of sp³-hybridized carbons (Fsp3) is 0.632. The molecule has 1 amide bonds. The fourth-order valence-corrected chi connectivity index (χ4v) is 4.61. The summed E-state index contributed by atoms with van der Waals surface area (Å²) in [5.74, 6) is 0.182. The highest BCUT2D eigenvalue weighted by molar-refractivity contribution is 5.86. The number of rotatable bonds is 3. The summed E-state index contributed by atoms with van der Waals surface area (Å²) in [5.41, 5.74) is 1.67. The molecule has 0 bridgehead atoms. The average molecular weight is 315 g/mol. The topological polar surface area (TPSA) is 38.8 Å². The minimum absolute atomic E-state index is 0.182. The number of carbonyl (C=O) groups is 1. The van der Waals surface area contributed by atoms with Crippen molar-refractivity contribution in [2.75, 3.05) is 19.7 Å². The molecule has 1 unspecified atom stereocenters. The predicted octanol–water partition coefficient (Wildman–Crippen LogP) is 2.99. The van der Waals surface area contributed by atoms with Crippen molar-refractivity contribution in [3.63, 3.8) is 0 Å².